The first-order valence-electron chi connectivity index (χ1n) is 6.50. The highest BCUT2D eigenvalue weighted by atomic mass is 32.2. The molecule has 2 N–H and O–H groups in total. The molecule has 1 aromatic carbocycles. The Morgan fingerprint density at radius 3 is 2.94 bits per heavy atom. The van der Waals surface area contributed by atoms with Crippen molar-refractivity contribution in [1.82, 2.24) is 0 Å². The predicted molar refractivity (Wildman–Crippen MR) is 77.8 cm³/mol. The van der Waals surface area contributed by atoms with Gasteiger partial charge in [0.05, 0.1) is 0 Å². The Morgan fingerprint density at radius 2 is 2.12 bits per heavy atom. The van der Waals surface area contributed by atoms with Crippen molar-refractivity contribution in [1.29, 1.82) is 0 Å². The molecule has 0 aromatic heterocycles. The molecule has 1 aliphatic rings. The largest absolute Gasteiger partial charge is 0.370 e. The van der Waals surface area contributed by atoms with Crippen molar-refractivity contribution in [3.05, 3.63) is 29.8 Å². The Balaban J connectivity index is 2.23. The molecule has 17 heavy (non-hydrogen) atoms. The minimum absolute atomic E-state index is 0.169. The van der Waals surface area contributed by atoms with E-state index in [4.69, 9.17) is 5.73 Å². The van der Waals surface area contributed by atoms with Gasteiger partial charge in [-0.1, -0.05) is 25.1 Å². The Bertz CT molecular complexity index is 346. The van der Waals surface area contributed by atoms with E-state index in [1.165, 1.54) is 35.7 Å². The molecule has 94 valence electrons. The Labute approximate surface area is 109 Å². The lowest BCUT2D eigenvalue weighted by atomic mass is 10.0. The molecule has 0 saturated carbocycles. The fraction of sp³-hybridized carbons (Fsp3) is 0.571. The van der Waals surface area contributed by atoms with Crippen molar-refractivity contribution in [2.75, 3.05) is 29.5 Å². The van der Waals surface area contributed by atoms with Gasteiger partial charge in [0, 0.05) is 30.6 Å². The van der Waals surface area contributed by atoms with Crippen LogP contribution in [-0.4, -0.2) is 24.6 Å². The zero-order chi connectivity index (χ0) is 12.1. The van der Waals surface area contributed by atoms with Gasteiger partial charge in [0.1, 0.15) is 0 Å². The molecule has 3 heteroatoms. The van der Waals surface area contributed by atoms with Gasteiger partial charge in [0.25, 0.3) is 0 Å². The van der Waals surface area contributed by atoms with Crippen LogP contribution in [0.2, 0.25) is 0 Å². The molecule has 0 bridgehead atoms. The third-order valence-corrected chi connectivity index (χ3v) is 4.39. The van der Waals surface area contributed by atoms with Crippen LogP contribution in [0.25, 0.3) is 0 Å². The molecule has 2 nitrogen and oxygen atoms in total. The molecule has 0 radical (unpaired) electrons. The number of nitrogens with two attached hydrogens (primary N) is 1. The Kier molecular flexibility index (Phi) is 4.75. The van der Waals surface area contributed by atoms with Crippen LogP contribution in [0.3, 0.4) is 0 Å². The highest BCUT2D eigenvalue weighted by Gasteiger charge is 2.15. The average Bonchev–Trinajstić information content (AvgIpc) is 2.66. The summed E-state index contributed by atoms with van der Waals surface area (Å²) >= 11 is 2.06. The summed E-state index contributed by atoms with van der Waals surface area (Å²) in [5.41, 5.74) is 8.87. The minimum Gasteiger partial charge on any atom is -0.370 e. The van der Waals surface area contributed by atoms with E-state index >= 15 is 0 Å². The number of nitrogens with zero attached hydrogens (tertiary/aromatic N) is 1. The maximum atomic E-state index is 6.21. The monoisotopic (exact) mass is 250 g/mol. The van der Waals surface area contributed by atoms with E-state index in [-0.39, 0.29) is 6.04 Å². The van der Waals surface area contributed by atoms with Gasteiger partial charge in [-0.2, -0.15) is 11.8 Å². The third kappa shape index (κ3) is 3.17. The van der Waals surface area contributed by atoms with Gasteiger partial charge in [-0.15, -0.1) is 0 Å². The lowest BCUT2D eigenvalue weighted by molar-refractivity contribution is 0.690. The number of hydrogen-bond donors (Lipinski definition) is 1. The highest BCUT2D eigenvalue weighted by molar-refractivity contribution is 7.99. The molecule has 0 aliphatic carbocycles. The average molecular weight is 250 g/mol. The highest BCUT2D eigenvalue weighted by Crippen LogP contribution is 2.28. The minimum atomic E-state index is 0.169. The summed E-state index contributed by atoms with van der Waals surface area (Å²) in [6.07, 6.45) is 2.28. The topological polar surface area (TPSA) is 29.3 Å². The molecule has 0 spiro atoms. The molecule has 1 saturated heterocycles. The van der Waals surface area contributed by atoms with Gasteiger partial charge in [0.2, 0.25) is 0 Å². The lowest BCUT2D eigenvalue weighted by Crippen LogP contribution is -2.27. The second kappa shape index (κ2) is 6.31. The SMILES string of the molecule is CCC(N)c1ccccc1N1CCCSCC1. The first kappa shape index (κ1) is 12.8. The number of rotatable bonds is 3. The number of thioether (sulfide) groups is 1. The molecule has 2 rings (SSSR count). The van der Waals surface area contributed by atoms with Gasteiger partial charge in [0.15, 0.2) is 0 Å². The fourth-order valence-corrected chi connectivity index (χ4v) is 3.18. The summed E-state index contributed by atoms with van der Waals surface area (Å²) in [4.78, 5) is 2.50. The second-order valence-electron chi connectivity index (χ2n) is 4.53. The zero-order valence-corrected chi connectivity index (χ0v) is 11.4. The second-order valence-corrected chi connectivity index (χ2v) is 5.75. The molecule has 1 fully saturated rings. The molecule has 1 aliphatic heterocycles. The van der Waals surface area contributed by atoms with Crippen LogP contribution < -0.4 is 10.6 Å². The maximum absolute atomic E-state index is 6.21. The van der Waals surface area contributed by atoms with Crippen LogP contribution in [0.4, 0.5) is 5.69 Å². The molecular weight excluding hydrogens is 228 g/mol. The standard InChI is InChI=1S/C14H22N2S/c1-2-13(15)12-6-3-4-7-14(12)16-8-5-10-17-11-9-16/h3-4,6-7,13H,2,5,8-11,15H2,1H3. The molecule has 1 heterocycles. The molecule has 1 atom stereocenters. The number of para-hydroxylation sites is 1. The normalized spacial score (nSPS) is 18.8. The molecule has 1 unspecified atom stereocenters. The van der Waals surface area contributed by atoms with Crippen LogP contribution in [-0.2, 0) is 0 Å². The quantitative estimate of drug-likeness (QED) is 0.894. The number of benzene rings is 1. The van der Waals surface area contributed by atoms with E-state index in [2.05, 4.69) is 47.9 Å². The first-order chi connectivity index (χ1) is 8.33. The van der Waals surface area contributed by atoms with Crippen LogP contribution in [0.1, 0.15) is 31.4 Å². The van der Waals surface area contributed by atoms with Gasteiger partial charge in [-0.05, 0) is 30.2 Å². The molecule has 1 aromatic rings. The van der Waals surface area contributed by atoms with Crippen molar-refractivity contribution in [2.45, 2.75) is 25.8 Å². The Hall–Kier alpha value is -0.670. The smallest absolute Gasteiger partial charge is 0.0414 e. The summed E-state index contributed by atoms with van der Waals surface area (Å²) in [5, 5.41) is 0. The third-order valence-electron chi connectivity index (χ3n) is 3.34. The van der Waals surface area contributed by atoms with Crippen LogP contribution >= 0.6 is 11.8 Å². The van der Waals surface area contributed by atoms with Crippen LogP contribution in [0.5, 0.6) is 0 Å². The first-order valence-corrected chi connectivity index (χ1v) is 7.65. The zero-order valence-electron chi connectivity index (χ0n) is 10.6. The van der Waals surface area contributed by atoms with E-state index < -0.39 is 0 Å². The summed E-state index contributed by atoms with van der Waals surface area (Å²) in [7, 11) is 0. The number of hydrogen-bond acceptors (Lipinski definition) is 3. The van der Waals surface area contributed by atoms with E-state index in [9.17, 15) is 0 Å². The molecule has 0 amide bonds. The van der Waals surface area contributed by atoms with Crippen molar-refractivity contribution in [3.63, 3.8) is 0 Å². The van der Waals surface area contributed by atoms with E-state index in [1.807, 2.05) is 0 Å². The summed E-state index contributed by atoms with van der Waals surface area (Å²) in [6, 6.07) is 8.80. The van der Waals surface area contributed by atoms with Crippen molar-refractivity contribution >= 4 is 17.4 Å². The molecular formula is C14H22N2S. The van der Waals surface area contributed by atoms with E-state index in [0.717, 1.165) is 13.0 Å². The number of anilines is 1. The van der Waals surface area contributed by atoms with E-state index in [1.54, 1.807) is 0 Å². The van der Waals surface area contributed by atoms with Crippen molar-refractivity contribution in [3.8, 4) is 0 Å². The fourth-order valence-electron chi connectivity index (χ4n) is 2.30. The van der Waals surface area contributed by atoms with Crippen LogP contribution in [0, 0.1) is 0 Å². The van der Waals surface area contributed by atoms with Gasteiger partial charge >= 0.3 is 0 Å². The van der Waals surface area contributed by atoms with Crippen molar-refractivity contribution < 1.29 is 0 Å². The van der Waals surface area contributed by atoms with E-state index in [0.29, 0.717) is 0 Å². The maximum Gasteiger partial charge on any atom is 0.0414 e. The van der Waals surface area contributed by atoms with Crippen LogP contribution in [0.15, 0.2) is 24.3 Å². The van der Waals surface area contributed by atoms with Gasteiger partial charge in [-0.25, -0.2) is 0 Å². The summed E-state index contributed by atoms with van der Waals surface area (Å²) in [5.74, 6) is 2.52. The summed E-state index contributed by atoms with van der Waals surface area (Å²) in [6.45, 7) is 4.47. The predicted octanol–water partition coefficient (Wildman–Crippen LogP) is 3.04. The van der Waals surface area contributed by atoms with Gasteiger partial charge < -0.3 is 10.6 Å². The Morgan fingerprint density at radius 1 is 1.29 bits per heavy atom. The van der Waals surface area contributed by atoms with Gasteiger partial charge in [-0.3, -0.25) is 0 Å². The van der Waals surface area contributed by atoms with Crippen molar-refractivity contribution in [2.24, 2.45) is 5.73 Å². The summed E-state index contributed by atoms with van der Waals surface area (Å²) < 4.78 is 0. The lowest BCUT2D eigenvalue weighted by Gasteiger charge is -2.27.